The number of benzene rings is 2. The third-order valence-electron chi connectivity index (χ3n) is 2.79. The first kappa shape index (κ1) is 14.4. The topological polar surface area (TPSA) is 83.6 Å². The van der Waals surface area contributed by atoms with Crippen LogP contribution in [0.2, 0.25) is 0 Å². The minimum atomic E-state index is -3.84. The zero-order chi connectivity index (χ0) is 14.8. The first-order chi connectivity index (χ1) is 9.43. The number of anilines is 2. The summed E-state index contributed by atoms with van der Waals surface area (Å²) in [7, 11) is -3.84. The van der Waals surface area contributed by atoms with E-state index in [-0.39, 0.29) is 4.90 Å². The Morgan fingerprint density at radius 3 is 2.10 bits per heavy atom. The van der Waals surface area contributed by atoms with E-state index in [0.29, 0.717) is 11.4 Å². The van der Waals surface area contributed by atoms with Crippen molar-refractivity contribution >= 4 is 21.4 Å². The molecule has 0 saturated heterocycles. The van der Waals surface area contributed by atoms with Crippen molar-refractivity contribution in [1.82, 2.24) is 0 Å². The maximum Gasteiger partial charge on any atom is 0.266 e. The Bertz CT molecular complexity index is 667. The van der Waals surface area contributed by atoms with Gasteiger partial charge in [-0.25, -0.2) is 12.7 Å². The van der Waals surface area contributed by atoms with Gasteiger partial charge < -0.3 is 10.8 Å². The molecule has 6 heteroatoms. The highest BCUT2D eigenvalue weighted by atomic mass is 32.2. The normalized spacial score (nSPS) is 12.9. The Morgan fingerprint density at radius 1 is 1.05 bits per heavy atom. The number of hydrogen-bond acceptors (Lipinski definition) is 4. The van der Waals surface area contributed by atoms with E-state index in [1.807, 2.05) is 0 Å². The van der Waals surface area contributed by atoms with Crippen molar-refractivity contribution in [1.29, 1.82) is 0 Å². The van der Waals surface area contributed by atoms with Crippen molar-refractivity contribution in [2.75, 3.05) is 10.0 Å². The largest absolute Gasteiger partial charge is 0.399 e. The second-order valence-electron chi connectivity index (χ2n) is 4.34. The number of nitrogen functional groups attached to an aromatic ring is 1. The lowest BCUT2D eigenvalue weighted by Gasteiger charge is -2.27. The lowest BCUT2D eigenvalue weighted by molar-refractivity contribution is 0.207. The molecule has 0 amide bonds. The van der Waals surface area contributed by atoms with Gasteiger partial charge in [-0.3, -0.25) is 0 Å². The molecule has 1 atom stereocenters. The fourth-order valence-electron chi connectivity index (χ4n) is 1.88. The molecule has 0 saturated carbocycles. The maximum absolute atomic E-state index is 12.6. The van der Waals surface area contributed by atoms with Crippen molar-refractivity contribution < 1.29 is 13.5 Å². The molecule has 2 rings (SSSR count). The maximum atomic E-state index is 12.6. The fourth-order valence-corrected chi connectivity index (χ4v) is 3.39. The monoisotopic (exact) mass is 292 g/mol. The molecule has 20 heavy (non-hydrogen) atoms. The van der Waals surface area contributed by atoms with Gasteiger partial charge in [0.15, 0.2) is 0 Å². The lowest BCUT2D eigenvalue weighted by atomic mass is 10.3. The average molecular weight is 292 g/mol. The van der Waals surface area contributed by atoms with Crippen molar-refractivity contribution in [3.05, 3.63) is 54.6 Å². The van der Waals surface area contributed by atoms with Gasteiger partial charge in [0.25, 0.3) is 10.0 Å². The zero-order valence-electron chi connectivity index (χ0n) is 11.0. The molecule has 2 aromatic rings. The molecular weight excluding hydrogens is 276 g/mol. The summed E-state index contributed by atoms with van der Waals surface area (Å²) in [5.41, 5.74) is 6.44. The van der Waals surface area contributed by atoms with Crippen molar-refractivity contribution in [3.8, 4) is 0 Å². The van der Waals surface area contributed by atoms with Crippen LogP contribution >= 0.6 is 0 Å². The van der Waals surface area contributed by atoms with E-state index >= 15 is 0 Å². The number of aliphatic hydroxyl groups excluding tert-OH is 1. The van der Waals surface area contributed by atoms with E-state index in [2.05, 4.69) is 0 Å². The van der Waals surface area contributed by atoms with Crippen LogP contribution < -0.4 is 10.0 Å². The van der Waals surface area contributed by atoms with Gasteiger partial charge >= 0.3 is 0 Å². The van der Waals surface area contributed by atoms with Crippen LogP contribution in [-0.2, 0) is 10.0 Å². The highest BCUT2D eigenvalue weighted by Crippen LogP contribution is 2.25. The molecule has 106 valence electrons. The molecule has 0 aliphatic carbocycles. The molecule has 0 radical (unpaired) electrons. The predicted molar refractivity (Wildman–Crippen MR) is 78.6 cm³/mol. The number of nitrogens with two attached hydrogens (primary N) is 1. The molecule has 5 nitrogen and oxygen atoms in total. The highest BCUT2D eigenvalue weighted by Gasteiger charge is 2.28. The number of para-hydroxylation sites is 1. The first-order valence-electron chi connectivity index (χ1n) is 6.06. The summed E-state index contributed by atoms with van der Waals surface area (Å²) in [5.74, 6) is 0. The van der Waals surface area contributed by atoms with E-state index < -0.39 is 16.3 Å². The second kappa shape index (κ2) is 5.52. The van der Waals surface area contributed by atoms with Crippen LogP contribution in [0.5, 0.6) is 0 Å². The van der Waals surface area contributed by atoms with E-state index in [1.165, 1.54) is 31.2 Å². The Hall–Kier alpha value is -2.05. The van der Waals surface area contributed by atoms with Crippen LogP contribution in [0.1, 0.15) is 6.92 Å². The third kappa shape index (κ3) is 2.76. The van der Waals surface area contributed by atoms with Crippen LogP contribution in [0, 0.1) is 0 Å². The average Bonchev–Trinajstić information content (AvgIpc) is 2.39. The highest BCUT2D eigenvalue weighted by molar-refractivity contribution is 7.92. The summed E-state index contributed by atoms with van der Waals surface area (Å²) in [4.78, 5) is 0.0800. The molecule has 1 unspecified atom stereocenters. The van der Waals surface area contributed by atoms with Crippen molar-refractivity contribution in [2.45, 2.75) is 18.0 Å². The summed E-state index contributed by atoms with van der Waals surface area (Å²) >= 11 is 0. The Morgan fingerprint density at radius 2 is 1.60 bits per heavy atom. The van der Waals surface area contributed by atoms with Crippen LogP contribution in [0.15, 0.2) is 59.5 Å². The van der Waals surface area contributed by atoms with Gasteiger partial charge in [0, 0.05) is 5.69 Å². The number of sulfonamides is 1. The van der Waals surface area contributed by atoms with E-state index in [1.54, 1.807) is 30.3 Å². The Kier molecular flexibility index (Phi) is 3.96. The molecule has 0 fully saturated rings. The van der Waals surface area contributed by atoms with E-state index in [0.717, 1.165) is 4.31 Å². The predicted octanol–water partition coefficient (Wildman–Crippen LogP) is 1.80. The van der Waals surface area contributed by atoms with Gasteiger partial charge in [-0.15, -0.1) is 0 Å². The van der Waals surface area contributed by atoms with Crippen LogP contribution in [-0.4, -0.2) is 19.8 Å². The minimum Gasteiger partial charge on any atom is -0.399 e. The number of nitrogens with zero attached hydrogens (tertiary/aromatic N) is 1. The molecule has 0 bridgehead atoms. The molecule has 0 heterocycles. The fraction of sp³-hybridized carbons (Fsp3) is 0.143. The molecule has 2 aromatic carbocycles. The quantitative estimate of drug-likeness (QED) is 0.665. The van der Waals surface area contributed by atoms with Gasteiger partial charge in [0.1, 0.15) is 6.23 Å². The molecule has 0 aliphatic rings. The molecule has 0 spiro atoms. The van der Waals surface area contributed by atoms with Gasteiger partial charge in [-0.2, -0.15) is 0 Å². The van der Waals surface area contributed by atoms with Crippen molar-refractivity contribution in [3.63, 3.8) is 0 Å². The van der Waals surface area contributed by atoms with E-state index in [4.69, 9.17) is 5.73 Å². The number of aliphatic hydroxyl groups is 1. The Balaban J connectivity index is 2.51. The molecule has 0 aromatic heterocycles. The van der Waals surface area contributed by atoms with Crippen LogP contribution in [0.4, 0.5) is 11.4 Å². The number of rotatable bonds is 4. The SMILES string of the molecule is CC(O)N(c1ccccc1)S(=O)(=O)c1ccc(N)cc1. The van der Waals surface area contributed by atoms with Crippen molar-refractivity contribution in [2.24, 2.45) is 0 Å². The lowest BCUT2D eigenvalue weighted by Crippen LogP contribution is -2.38. The van der Waals surface area contributed by atoms with Gasteiger partial charge in [-0.1, -0.05) is 18.2 Å². The molecular formula is C14H16N2O3S. The minimum absolute atomic E-state index is 0.0800. The molecule has 0 aliphatic heterocycles. The molecule has 3 N–H and O–H groups in total. The smallest absolute Gasteiger partial charge is 0.266 e. The zero-order valence-corrected chi connectivity index (χ0v) is 11.8. The summed E-state index contributed by atoms with van der Waals surface area (Å²) in [6, 6.07) is 14.3. The second-order valence-corrected chi connectivity index (χ2v) is 6.15. The van der Waals surface area contributed by atoms with Gasteiger partial charge in [-0.05, 0) is 43.3 Å². The third-order valence-corrected chi connectivity index (χ3v) is 4.69. The standard InChI is InChI=1S/C14H16N2O3S/c1-11(17)16(13-5-3-2-4-6-13)20(18,19)14-9-7-12(15)8-10-14/h2-11,17H,15H2,1H3. The Labute approximate surface area is 118 Å². The summed E-state index contributed by atoms with van der Waals surface area (Å²) < 4.78 is 26.2. The summed E-state index contributed by atoms with van der Waals surface area (Å²) in [6.07, 6.45) is -1.18. The van der Waals surface area contributed by atoms with E-state index in [9.17, 15) is 13.5 Å². The summed E-state index contributed by atoms with van der Waals surface area (Å²) in [6.45, 7) is 1.40. The van der Waals surface area contributed by atoms with Crippen LogP contribution in [0.3, 0.4) is 0 Å². The number of hydrogen-bond donors (Lipinski definition) is 2. The summed E-state index contributed by atoms with van der Waals surface area (Å²) in [5, 5.41) is 9.84. The first-order valence-corrected chi connectivity index (χ1v) is 7.50. The van der Waals surface area contributed by atoms with Gasteiger partial charge in [0.2, 0.25) is 0 Å². The van der Waals surface area contributed by atoms with Gasteiger partial charge in [0.05, 0.1) is 10.6 Å². The van der Waals surface area contributed by atoms with Crippen LogP contribution in [0.25, 0.3) is 0 Å².